The van der Waals surface area contributed by atoms with Crippen LogP contribution < -0.4 is 11.1 Å². The lowest BCUT2D eigenvalue weighted by Crippen LogP contribution is -2.40. The van der Waals surface area contributed by atoms with Crippen molar-refractivity contribution in [1.29, 1.82) is 0 Å². The van der Waals surface area contributed by atoms with Crippen molar-refractivity contribution in [3.8, 4) is 0 Å². The fourth-order valence-electron chi connectivity index (χ4n) is 1.94. The average molecular weight is 300 g/mol. The normalized spacial score (nSPS) is 19.5. The summed E-state index contributed by atoms with van der Waals surface area (Å²) in [7, 11) is 0. The molecule has 1 fully saturated rings. The zero-order valence-corrected chi connectivity index (χ0v) is 12.9. The number of hydrogen-bond acceptors (Lipinski definition) is 6. The van der Waals surface area contributed by atoms with Crippen molar-refractivity contribution in [1.82, 2.24) is 9.88 Å². The molecule has 1 aromatic rings. The molecule has 1 atom stereocenters. The molecule has 0 aromatic carbocycles. The lowest BCUT2D eigenvalue weighted by Gasteiger charge is -2.30. The standard InChI is InChI=1S/C12H20N4OS2/c1-3-4-14-12-15-10(13)9(19-12)11(17)16-5-6-18-8(2)7-16/h8H,3-7,13H2,1-2H3,(H,14,15). The number of nitrogens with two attached hydrogens (primary N) is 1. The summed E-state index contributed by atoms with van der Waals surface area (Å²) in [6.45, 7) is 6.66. The Balaban J connectivity index is 2.07. The second kappa shape index (κ2) is 6.47. The maximum atomic E-state index is 12.4. The number of nitrogen functional groups attached to an aromatic ring is 1. The Morgan fingerprint density at radius 1 is 1.63 bits per heavy atom. The molecule has 7 heteroatoms. The summed E-state index contributed by atoms with van der Waals surface area (Å²) in [5.74, 6) is 1.36. The van der Waals surface area contributed by atoms with E-state index in [9.17, 15) is 4.79 Å². The molecular weight excluding hydrogens is 280 g/mol. The zero-order chi connectivity index (χ0) is 13.8. The number of thiazole rings is 1. The van der Waals surface area contributed by atoms with Gasteiger partial charge in [-0.1, -0.05) is 25.2 Å². The molecule has 1 amide bonds. The van der Waals surface area contributed by atoms with Gasteiger partial charge in [-0.05, 0) is 6.42 Å². The molecule has 1 aliphatic heterocycles. The van der Waals surface area contributed by atoms with Crippen LogP contribution in [0.25, 0.3) is 0 Å². The van der Waals surface area contributed by atoms with Crippen LogP contribution >= 0.6 is 23.1 Å². The van der Waals surface area contributed by atoms with Crippen LogP contribution in [-0.4, -0.2) is 46.4 Å². The van der Waals surface area contributed by atoms with E-state index in [1.54, 1.807) is 0 Å². The van der Waals surface area contributed by atoms with Gasteiger partial charge in [-0.25, -0.2) is 4.98 Å². The van der Waals surface area contributed by atoms with Gasteiger partial charge in [0.1, 0.15) is 10.7 Å². The number of thioether (sulfide) groups is 1. The van der Waals surface area contributed by atoms with Crippen LogP contribution in [0, 0.1) is 0 Å². The highest BCUT2D eigenvalue weighted by atomic mass is 32.2. The first-order chi connectivity index (χ1) is 9.11. The third-order valence-electron chi connectivity index (χ3n) is 2.90. The van der Waals surface area contributed by atoms with Gasteiger partial charge in [-0.2, -0.15) is 11.8 Å². The summed E-state index contributed by atoms with van der Waals surface area (Å²) >= 11 is 3.26. The number of amides is 1. The quantitative estimate of drug-likeness (QED) is 0.891. The Bertz CT molecular complexity index is 449. The minimum atomic E-state index is 0.0201. The average Bonchev–Trinajstić information content (AvgIpc) is 2.76. The molecule has 1 aromatic heterocycles. The largest absolute Gasteiger partial charge is 0.382 e. The Morgan fingerprint density at radius 2 is 2.42 bits per heavy atom. The van der Waals surface area contributed by atoms with Gasteiger partial charge in [-0.15, -0.1) is 0 Å². The zero-order valence-electron chi connectivity index (χ0n) is 11.3. The fourth-order valence-corrected chi connectivity index (χ4v) is 3.83. The van der Waals surface area contributed by atoms with Gasteiger partial charge in [0.15, 0.2) is 5.13 Å². The number of hydrogen-bond donors (Lipinski definition) is 2. The first-order valence-corrected chi connectivity index (χ1v) is 8.39. The van der Waals surface area contributed by atoms with Crippen molar-refractivity contribution in [2.75, 3.05) is 36.4 Å². The van der Waals surface area contributed by atoms with Crippen molar-refractivity contribution in [3.63, 3.8) is 0 Å². The monoisotopic (exact) mass is 300 g/mol. The molecule has 3 N–H and O–H groups in total. The van der Waals surface area contributed by atoms with Gasteiger partial charge in [0.25, 0.3) is 5.91 Å². The van der Waals surface area contributed by atoms with Crippen molar-refractivity contribution >= 4 is 40.0 Å². The minimum Gasteiger partial charge on any atom is -0.382 e. The minimum absolute atomic E-state index is 0.0201. The van der Waals surface area contributed by atoms with E-state index in [0.29, 0.717) is 15.9 Å². The molecule has 2 rings (SSSR count). The van der Waals surface area contributed by atoms with Gasteiger partial charge in [0, 0.05) is 30.6 Å². The molecule has 0 radical (unpaired) electrons. The van der Waals surface area contributed by atoms with Crippen molar-refractivity contribution in [2.24, 2.45) is 0 Å². The maximum absolute atomic E-state index is 12.4. The van der Waals surface area contributed by atoms with Crippen LogP contribution in [0.15, 0.2) is 0 Å². The summed E-state index contributed by atoms with van der Waals surface area (Å²) in [6, 6.07) is 0. The molecule has 1 aliphatic rings. The number of aromatic nitrogens is 1. The van der Waals surface area contributed by atoms with Crippen LogP contribution in [0.1, 0.15) is 29.9 Å². The molecule has 0 saturated carbocycles. The number of anilines is 2. The molecule has 1 saturated heterocycles. The summed E-state index contributed by atoms with van der Waals surface area (Å²) in [4.78, 5) is 19.1. The van der Waals surface area contributed by atoms with Crippen molar-refractivity contribution < 1.29 is 4.79 Å². The van der Waals surface area contributed by atoms with Crippen LogP contribution in [0.2, 0.25) is 0 Å². The Kier molecular flexibility index (Phi) is 4.93. The summed E-state index contributed by atoms with van der Waals surface area (Å²) in [5.41, 5.74) is 5.86. The highest BCUT2D eigenvalue weighted by molar-refractivity contribution is 7.99. The van der Waals surface area contributed by atoms with Crippen LogP contribution in [0.4, 0.5) is 10.9 Å². The van der Waals surface area contributed by atoms with Crippen LogP contribution in [0.5, 0.6) is 0 Å². The third-order valence-corrected chi connectivity index (χ3v) is 5.06. The Morgan fingerprint density at radius 3 is 3.11 bits per heavy atom. The molecule has 0 bridgehead atoms. The lowest BCUT2D eigenvalue weighted by molar-refractivity contribution is 0.0769. The molecule has 1 unspecified atom stereocenters. The number of carbonyl (C=O) groups excluding carboxylic acids is 1. The first-order valence-electron chi connectivity index (χ1n) is 6.52. The van der Waals surface area contributed by atoms with Gasteiger partial charge in [-0.3, -0.25) is 4.79 Å². The SMILES string of the molecule is CCCNc1nc(N)c(C(=O)N2CCSC(C)C2)s1. The van der Waals surface area contributed by atoms with E-state index in [4.69, 9.17) is 5.73 Å². The smallest absolute Gasteiger partial charge is 0.267 e. The highest BCUT2D eigenvalue weighted by Gasteiger charge is 2.26. The second-order valence-electron chi connectivity index (χ2n) is 4.59. The number of nitrogens with zero attached hydrogens (tertiary/aromatic N) is 2. The molecule has 106 valence electrons. The maximum Gasteiger partial charge on any atom is 0.267 e. The van der Waals surface area contributed by atoms with E-state index < -0.39 is 0 Å². The number of nitrogens with one attached hydrogen (secondary N) is 1. The summed E-state index contributed by atoms with van der Waals surface area (Å²) in [5, 5.41) is 4.40. The molecule has 0 aliphatic carbocycles. The van der Waals surface area contributed by atoms with Crippen LogP contribution in [0.3, 0.4) is 0 Å². The van der Waals surface area contributed by atoms with E-state index >= 15 is 0 Å². The summed E-state index contributed by atoms with van der Waals surface area (Å²) < 4.78 is 0. The Hall–Kier alpha value is -0.950. The molecule has 0 spiro atoms. The van der Waals surface area contributed by atoms with Gasteiger partial charge >= 0.3 is 0 Å². The van der Waals surface area contributed by atoms with Gasteiger partial charge < -0.3 is 16.0 Å². The summed E-state index contributed by atoms with van der Waals surface area (Å²) in [6.07, 6.45) is 1.02. The highest BCUT2D eigenvalue weighted by Crippen LogP contribution is 2.28. The van der Waals surface area contributed by atoms with E-state index in [-0.39, 0.29) is 5.91 Å². The first kappa shape index (κ1) is 14.5. The Labute approximate surface area is 122 Å². The molecule has 5 nitrogen and oxygen atoms in total. The molecule has 19 heavy (non-hydrogen) atoms. The van der Waals surface area contributed by atoms with Crippen molar-refractivity contribution in [3.05, 3.63) is 4.88 Å². The van der Waals surface area contributed by atoms with E-state index in [1.807, 2.05) is 16.7 Å². The van der Waals surface area contributed by atoms with Gasteiger partial charge in [0.05, 0.1) is 0 Å². The number of carbonyl (C=O) groups is 1. The predicted molar refractivity (Wildman–Crippen MR) is 83.1 cm³/mol. The van der Waals surface area contributed by atoms with E-state index in [2.05, 4.69) is 24.1 Å². The second-order valence-corrected chi connectivity index (χ2v) is 7.14. The predicted octanol–water partition coefficient (Wildman–Crippen LogP) is 2.12. The molecular formula is C12H20N4OS2. The molecule has 2 heterocycles. The topological polar surface area (TPSA) is 71.2 Å². The van der Waals surface area contributed by atoms with Crippen LogP contribution in [-0.2, 0) is 0 Å². The number of rotatable bonds is 4. The lowest BCUT2D eigenvalue weighted by atomic mass is 10.3. The third kappa shape index (κ3) is 3.54. The van der Waals surface area contributed by atoms with Crippen molar-refractivity contribution in [2.45, 2.75) is 25.5 Å². The van der Waals surface area contributed by atoms with E-state index in [0.717, 1.165) is 36.9 Å². The fraction of sp³-hybridized carbons (Fsp3) is 0.667. The van der Waals surface area contributed by atoms with Gasteiger partial charge in [0.2, 0.25) is 0 Å². The van der Waals surface area contributed by atoms with E-state index in [1.165, 1.54) is 11.3 Å².